The molecule has 1 heterocycles. The lowest BCUT2D eigenvalue weighted by molar-refractivity contribution is -0.127. The Morgan fingerprint density at radius 2 is 1.69 bits per heavy atom. The summed E-state index contributed by atoms with van der Waals surface area (Å²) < 4.78 is 16.7. The van der Waals surface area contributed by atoms with Crippen LogP contribution in [-0.4, -0.2) is 42.0 Å². The highest BCUT2D eigenvalue weighted by Crippen LogP contribution is 2.21. The average molecular weight is 436 g/mol. The first-order chi connectivity index (χ1) is 15.5. The number of rotatable bonds is 10. The highest BCUT2D eigenvalue weighted by molar-refractivity contribution is 5.80. The van der Waals surface area contributed by atoms with Crippen molar-refractivity contribution in [2.24, 2.45) is 0 Å². The highest BCUT2D eigenvalue weighted by Gasteiger charge is 2.14. The molecule has 1 aromatic heterocycles. The molecule has 168 valence electrons. The molecule has 0 aliphatic rings. The van der Waals surface area contributed by atoms with Crippen LogP contribution < -0.4 is 19.5 Å². The van der Waals surface area contributed by atoms with Crippen LogP contribution in [0, 0.1) is 13.8 Å². The summed E-state index contributed by atoms with van der Waals surface area (Å²) in [5, 5.41) is 11.1. The zero-order valence-electron chi connectivity index (χ0n) is 18.9. The third kappa shape index (κ3) is 6.44. The van der Waals surface area contributed by atoms with Gasteiger partial charge in [0, 0.05) is 11.6 Å². The molecule has 0 aliphatic carbocycles. The van der Waals surface area contributed by atoms with Gasteiger partial charge in [-0.15, -0.1) is 10.2 Å². The second-order valence-corrected chi connectivity index (χ2v) is 7.36. The number of hydrogen-bond acceptors (Lipinski definition) is 6. The smallest absolute Gasteiger partial charge is 0.260 e. The Hall–Kier alpha value is -3.61. The first-order valence-corrected chi connectivity index (χ1v) is 10.7. The maximum absolute atomic E-state index is 12.2. The molecule has 0 bridgehead atoms. The van der Waals surface area contributed by atoms with Crippen LogP contribution >= 0.6 is 0 Å². The predicted octanol–water partition coefficient (Wildman–Crippen LogP) is 4.12. The Morgan fingerprint density at radius 3 is 2.34 bits per heavy atom. The van der Waals surface area contributed by atoms with E-state index in [9.17, 15) is 4.79 Å². The van der Waals surface area contributed by atoms with E-state index in [0.29, 0.717) is 24.8 Å². The monoisotopic (exact) mass is 435 g/mol. The summed E-state index contributed by atoms with van der Waals surface area (Å²) in [6.45, 7) is 8.96. The summed E-state index contributed by atoms with van der Waals surface area (Å²) in [7, 11) is 0. The van der Waals surface area contributed by atoms with Gasteiger partial charge < -0.3 is 19.5 Å². The van der Waals surface area contributed by atoms with Crippen LogP contribution in [0.3, 0.4) is 0 Å². The molecule has 0 aliphatic heterocycles. The number of benzene rings is 2. The number of ether oxygens (including phenoxy) is 3. The van der Waals surface area contributed by atoms with Crippen LogP contribution in [0.2, 0.25) is 0 Å². The van der Waals surface area contributed by atoms with Crippen molar-refractivity contribution in [1.82, 2.24) is 15.5 Å². The van der Waals surface area contributed by atoms with Crippen LogP contribution in [0.15, 0.2) is 54.6 Å². The Bertz CT molecular complexity index is 1020. The maximum atomic E-state index is 12.2. The van der Waals surface area contributed by atoms with E-state index in [0.717, 1.165) is 22.6 Å². The van der Waals surface area contributed by atoms with E-state index >= 15 is 0 Å². The van der Waals surface area contributed by atoms with Crippen molar-refractivity contribution in [3.63, 3.8) is 0 Å². The zero-order valence-corrected chi connectivity index (χ0v) is 18.9. The maximum Gasteiger partial charge on any atom is 0.260 e. The standard InChI is InChI=1S/C25H29N3O4/c1-5-30-21-10-7-20(8-11-21)23-12-13-24(28-27-23)31-15-14-26-25(29)19(4)32-22-9-6-17(2)18(3)16-22/h6-13,16,19H,5,14-15H2,1-4H3,(H,26,29). The quantitative estimate of drug-likeness (QED) is 0.483. The van der Waals surface area contributed by atoms with Crippen molar-refractivity contribution in [2.75, 3.05) is 19.8 Å². The van der Waals surface area contributed by atoms with Gasteiger partial charge in [-0.3, -0.25) is 4.79 Å². The van der Waals surface area contributed by atoms with Crippen molar-refractivity contribution in [3.8, 4) is 28.6 Å². The molecule has 2 aromatic carbocycles. The van der Waals surface area contributed by atoms with E-state index < -0.39 is 6.10 Å². The van der Waals surface area contributed by atoms with Crippen LogP contribution in [0.4, 0.5) is 0 Å². The highest BCUT2D eigenvalue weighted by atomic mass is 16.5. The molecule has 0 fully saturated rings. The van der Waals surface area contributed by atoms with Gasteiger partial charge in [0.1, 0.15) is 18.1 Å². The molecule has 1 atom stereocenters. The van der Waals surface area contributed by atoms with Crippen LogP contribution in [0.5, 0.6) is 17.4 Å². The second-order valence-electron chi connectivity index (χ2n) is 7.36. The molecule has 0 radical (unpaired) electrons. The lowest BCUT2D eigenvalue weighted by atomic mass is 10.1. The van der Waals surface area contributed by atoms with E-state index in [1.54, 1.807) is 13.0 Å². The number of hydrogen-bond donors (Lipinski definition) is 1. The fourth-order valence-corrected chi connectivity index (χ4v) is 2.96. The summed E-state index contributed by atoms with van der Waals surface area (Å²) in [5.74, 6) is 1.69. The Kier molecular flexibility index (Phi) is 8.02. The fraction of sp³-hybridized carbons (Fsp3) is 0.320. The summed E-state index contributed by atoms with van der Waals surface area (Å²) in [6.07, 6.45) is -0.606. The minimum Gasteiger partial charge on any atom is -0.494 e. The molecule has 0 saturated carbocycles. The Balaban J connectivity index is 1.42. The molecular formula is C25H29N3O4. The van der Waals surface area contributed by atoms with E-state index in [2.05, 4.69) is 15.5 Å². The van der Waals surface area contributed by atoms with Crippen LogP contribution in [0.1, 0.15) is 25.0 Å². The summed E-state index contributed by atoms with van der Waals surface area (Å²) >= 11 is 0. The lowest BCUT2D eigenvalue weighted by Gasteiger charge is -2.15. The molecule has 1 unspecified atom stereocenters. The molecule has 0 saturated heterocycles. The molecule has 3 rings (SSSR count). The fourth-order valence-electron chi connectivity index (χ4n) is 2.96. The minimum atomic E-state index is -0.606. The Morgan fingerprint density at radius 1 is 0.938 bits per heavy atom. The average Bonchev–Trinajstić information content (AvgIpc) is 2.80. The van der Waals surface area contributed by atoms with Crippen molar-refractivity contribution in [3.05, 3.63) is 65.7 Å². The van der Waals surface area contributed by atoms with Gasteiger partial charge in [0.2, 0.25) is 5.88 Å². The summed E-state index contributed by atoms with van der Waals surface area (Å²) in [5.41, 5.74) is 3.99. The molecule has 7 heteroatoms. The van der Waals surface area contributed by atoms with E-state index in [-0.39, 0.29) is 12.5 Å². The first-order valence-electron chi connectivity index (χ1n) is 10.7. The van der Waals surface area contributed by atoms with Gasteiger partial charge in [0.05, 0.1) is 18.8 Å². The normalized spacial score (nSPS) is 11.5. The van der Waals surface area contributed by atoms with Crippen LogP contribution in [0.25, 0.3) is 11.3 Å². The van der Waals surface area contributed by atoms with Gasteiger partial charge in [-0.2, -0.15) is 0 Å². The first kappa shape index (κ1) is 23.1. The molecular weight excluding hydrogens is 406 g/mol. The number of amides is 1. The SMILES string of the molecule is CCOc1ccc(-c2ccc(OCCNC(=O)C(C)Oc3ccc(C)c(C)c3)nn2)cc1. The van der Waals surface area contributed by atoms with Crippen molar-refractivity contribution in [2.45, 2.75) is 33.8 Å². The summed E-state index contributed by atoms with van der Waals surface area (Å²) in [4.78, 5) is 12.2. The summed E-state index contributed by atoms with van der Waals surface area (Å²) in [6, 6.07) is 17.0. The van der Waals surface area contributed by atoms with Crippen LogP contribution in [-0.2, 0) is 4.79 Å². The topological polar surface area (TPSA) is 82.6 Å². The number of nitrogens with one attached hydrogen (secondary N) is 1. The lowest BCUT2D eigenvalue weighted by Crippen LogP contribution is -2.38. The zero-order chi connectivity index (χ0) is 22.9. The van der Waals surface area contributed by atoms with Crippen molar-refractivity contribution in [1.29, 1.82) is 0 Å². The van der Waals surface area contributed by atoms with E-state index in [1.807, 2.05) is 69.3 Å². The van der Waals surface area contributed by atoms with Gasteiger partial charge in [-0.05, 0) is 81.3 Å². The number of carbonyl (C=O) groups is 1. The van der Waals surface area contributed by atoms with Crippen molar-refractivity contribution >= 4 is 5.91 Å². The van der Waals surface area contributed by atoms with E-state index in [4.69, 9.17) is 14.2 Å². The van der Waals surface area contributed by atoms with Gasteiger partial charge >= 0.3 is 0 Å². The molecule has 1 amide bonds. The molecule has 1 N–H and O–H groups in total. The van der Waals surface area contributed by atoms with Crippen molar-refractivity contribution < 1.29 is 19.0 Å². The second kappa shape index (κ2) is 11.1. The molecule has 3 aromatic rings. The van der Waals surface area contributed by atoms with Gasteiger partial charge in [0.15, 0.2) is 6.10 Å². The predicted molar refractivity (Wildman–Crippen MR) is 123 cm³/mol. The number of aryl methyl sites for hydroxylation is 2. The minimum absolute atomic E-state index is 0.205. The Labute approximate surface area is 188 Å². The number of aromatic nitrogens is 2. The van der Waals surface area contributed by atoms with E-state index in [1.165, 1.54) is 5.56 Å². The van der Waals surface area contributed by atoms with Gasteiger partial charge in [-0.1, -0.05) is 6.07 Å². The third-order valence-electron chi connectivity index (χ3n) is 4.91. The molecule has 32 heavy (non-hydrogen) atoms. The molecule has 7 nitrogen and oxygen atoms in total. The number of carbonyl (C=O) groups excluding carboxylic acids is 1. The van der Waals surface area contributed by atoms with Gasteiger partial charge in [-0.25, -0.2) is 0 Å². The van der Waals surface area contributed by atoms with Gasteiger partial charge in [0.25, 0.3) is 5.91 Å². The molecule has 0 spiro atoms. The third-order valence-corrected chi connectivity index (χ3v) is 4.91. The largest absolute Gasteiger partial charge is 0.494 e. The number of nitrogens with zero attached hydrogens (tertiary/aromatic N) is 2.